The van der Waals surface area contributed by atoms with E-state index in [9.17, 15) is 0 Å². The molecule has 0 fully saturated rings. The molecule has 3 rings (SSSR count). The standard InChI is InChI=1S/C13H12N6/c14-9-3-4-12-11(6-9)13(17-8-16-12)15-7-10-2-1-5-18-19-10/h1-6,8H,7,14H2,(H,15,16,17). The molecule has 6 nitrogen and oxygen atoms in total. The topological polar surface area (TPSA) is 89.6 Å². The third kappa shape index (κ3) is 2.42. The number of fused-ring (bicyclic) bond motifs is 1. The lowest BCUT2D eigenvalue weighted by Gasteiger charge is -2.07. The molecule has 0 radical (unpaired) electrons. The number of aromatic nitrogens is 4. The Labute approximate surface area is 109 Å². The first-order valence-corrected chi connectivity index (χ1v) is 5.83. The predicted molar refractivity (Wildman–Crippen MR) is 73.3 cm³/mol. The third-order valence-electron chi connectivity index (χ3n) is 2.72. The van der Waals surface area contributed by atoms with Gasteiger partial charge in [0.15, 0.2) is 0 Å². The summed E-state index contributed by atoms with van der Waals surface area (Å²) in [5, 5.41) is 12.0. The SMILES string of the molecule is Nc1ccc2ncnc(NCc3cccnn3)c2c1. The Morgan fingerprint density at radius 1 is 1.16 bits per heavy atom. The molecule has 2 aromatic heterocycles. The van der Waals surface area contributed by atoms with E-state index in [1.54, 1.807) is 6.20 Å². The highest BCUT2D eigenvalue weighted by Gasteiger charge is 2.04. The van der Waals surface area contributed by atoms with Gasteiger partial charge in [0.05, 0.1) is 17.8 Å². The number of benzene rings is 1. The highest BCUT2D eigenvalue weighted by atomic mass is 15.1. The van der Waals surface area contributed by atoms with E-state index in [-0.39, 0.29) is 0 Å². The van der Waals surface area contributed by atoms with Gasteiger partial charge in [-0.3, -0.25) is 0 Å². The Morgan fingerprint density at radius 2 is 2.11 bits per heavy atom. The van der Waals surface area contributed by atoms with Crippen LogP contribution >= 0.6 is 0 Å². The molecule has 1 aromatic carbocycles. The number of hydrogen-bond donors (Lipinski definition) is 2. The third-order valence-corrected chi connectivity index (χ3v) is 2.72. The molecule has 2 heterocycles. The Morgan fingerprint density at radius 3 is 2.95 bits per heavy atom. The first kappa shape index (κ1) is 11.3. The summed E-state index contributed by atoms with van der Waals surface area (Å²) in [4.78, 5) is 8.44. The van der Waals surface area contributed by atoms with Crippen LogP contribution in [0.25, 0.3) is 10.9 Å². The predicted octanol–water partition coefficient (Wildman–Crippen LogP) is 1.61. The minimum absolute atomic E-state index is 0.550. The van der Waals surface area contributed by atoms with E-state index in [1.165, 1.54) is 6.33 Å². The van der Waals surface area contributed by atoms with Crippen LogP contribution in [0.1, 0.15) is 5.69 Å². The van der Waals surface area contributed by atoms with E-state index in [0.717, 1.165) is 22.4 Å². The number of anilines is 2. The summed E-state index contributed by atoms with van der Waals surface area (Å²) < 4.78 is 0. The van der Waals surface area contributed by atoms with Gasteiger partial charge in [0.1, 0.15) is 12.1 Å². The molecule has 0 saturated carbocycles. The number of nitrogens with zero attached hydrogens (tertiary/aromatic N) is 4. The van der Waals surface area contributed by atoms with E-state index in [1.807, 2.05) is 30.3 Å². The minimum atomic E-state index is 0.550. The van der Waals surface area contributed by atoms with Gasteiger partial charge in [0.2, 0.25) is 0 Å². The maximum Gasteiger partial charge on any atom is 0.137 e. The van der Waals surface area contributed by atoms with Crippen molar-refractivity contribution in [3.63, 3.8) is 0 Å². The largest absolute Gasteiger partial charge is 0.399 e. The van der Waals surface area contributed by atoms with Crippen molar-refractivity contribution in [2.75, 3.05) is 11.1 Å². The zero-order chi connectivity index (χ0) is 13.1. The Kier molecular flexibility index (Phi) is 2.89. The van der Waals surface area contributed by atoms with E-state index in [0.29, 0.717) is 12.2 Å². The second-order valence-corrected chi connectivity index (χ2v) is 4.07. The number of nitrogen functional groups attached to an aromatic ring is 1. The average Bonchev–Trinajstić information content (AvgIpc) is 2.46. The van der Waals surface area contributed by atoms with Gasteiger partial charge in [-0.25, -0.2) is 9.97 Å². The van der Waals surface area contributed by atoms with Gasteiger partial charge >= 0.3 is 0 Å². The molecule has 19 heavy (non-hydrogen) atoms. The van der Waals surface area contributed by atoms with Gasteiger partial charge in [-0.05, 0) is 30.3 Å². The summed E-state index contributed by atoms with van der Waals surface area (Å²) in [6.45, 7) is 0.550. The van der Waals surface area contributed by atoms with Crippen molar-refractivity contribution < 1.29 is 0 Å². The summed E-state index contributed by atoms with van der Waals surface area (Å²) >= 11 is 0. The molecule has 0 aliphatic rings. The molecule has 6 heteroatoms. The summed E-state index contributed by atoms with van der Waals surface area (Å²) in [5.41, 5.74) is 8.18. The number of nitrogens with one attached hydrogen (secondary N) is 1. The van der Waals surface area contributed by atoms with Crippen LogP contribution in [-0.4, -0.2) is 20.2 Å². The highest BCUT2D eigenvalue weighted by molar-refractivity contribution is 5.91. The van der Waals surface area contributed by atoms with Crippen LogP contribution in [-0.2, 0) is 6.54 Å². The fourth-order valence-electron chi connectivity index (χ4n) is 1.82. The van der Waals surface area contributed by atoms with Gasteiger partial charge in [0, 0.05) is 17.3 Å². The zero-order valence-corrected chi connectivity index (χ0v) is 10.1. The molecule has 0 atom stereocenters. The van der Waals surface area contributed by atoms with Crippen LogP contribution in [0.3, 0.4) is 0 Å². The van der Waals surface area contributed by atoms with Crippen LogP contribution in [0.5, 0.6) is 0 Å². The average molecular weight is 252 g/mol. The molecule has 0 saturated heterocycles. The molecular weight excluding hydrogens is 240 g/mol. The van der Waals surface area contributed by atoms with Crippen LogP contribution in [0.15, 0.2) is 42.9 Å². The second kappa shape index (κ2) is 4.85. The molecular formula is C13H12N6. The molecule has 3 N–H and O–H groups in total. The summed E-state index contributed by atoms with van der Waals surface area (Å²) in [6, 6.07) is 9.30. The van der Waals surface area contributed by atoms with Crippen LogP contribution in [0, 0.1) is 0 Å². The lowest BCUT2D eigenvalue weighted by atomic mass is 10.2. The van der Waals surface area contributed by atoms with Gasteiger partial charge in [-0.15, -0.1) is 0 Å². The van der Waals surface area contributed by atoms with E-state index < -0.39 is 0 Å². The van der Waals surface area contributed by atoms with Crippen molar-refractivity contribution >= 4 is 22.4 Å². The highest BCUT2D eigenvalue weighted by Crippen LogP contribution is 2.21. The van der Waals surface area contributed by atoms with Crippen molar-refractivity contribution in [2.45, 2.75) is 6.54 Å². The molecule has 3 aromatic rings. The van der Waals surface area contributed by atoms with Gasteiger partial charge in [0.25, 0.3) is 0 Å². The van der Waals surface area contributed by atoms with E-state index >= 15 is 0 Å². The summed E-state index contributed by atoms with van der Waals surface area (Å²) in [5.74, 6) is 0.739. The fourth-order valence-corrected chi connectivity index (χ4v) is 1.82. The van der Waals surface area contributed by atoms with Gasteiger partial charge < -0.3 is 11.1 Å². The Hall–Kier alpha value is -2.76. The maximum atomic E-state index is 5.79. The van der Waals surface area contributed by atoms with Crippen LogP contribution < -0.4 is 11.1 Å². The van der Waals surface area contributed by atoms with Crippen molar-refractivity contribution in [3.05, 3.63) is 48.5 Å². The number of hydrogen-bond acceptors (Lipinski definition) is 6. The fraction of sp³-hybridized carbons (Fsp3) is 0.0769. The first-order chi connectivity index (χ1) is 9.33. The number of rotatable bonds is 3. The lowest BCUT2D eigenvalue weighted by molar-refractivity contribution is 0.921. The molecule has 0 spiro atoms. The minimum Gasteiger partial charge on any atom is -0.399 e. The molecule has 0 bridgehead atoms. The summed E-state index contributed by atoms with van der Waals surface area (Å²) in [6.07, 6.45) is 3.17. The van der Waals surface area contributed by atoms with Gasteiger partial charge in [-0.1, -0.05) is 0 Å². The van der Waals surface area contributed by atoms with Crippen molar-refractivity contribution in [1.29, 1.82) is 0 Å². The molecule has 0 aliphatic heterocycles. The van der Waals surface area contributed by atoms with Crippen molar-refractivity contribution in [2.24, 2.45) is 0 Å². The quantitative estimate of drug-likeness (QED) is 0.688. The number of nitrogens with two attached hydrogens (primary N) is 1. The smallest absolute Gasteiger partial charge is 0.137 e. The van der Waals surface area contributed by atoms with E-state index in [4.69, 9.17) is 5.73 Å². The summed E-state index contributed by atoms with van der Waals surface area (Å²) in [7, 11) is 0. The second-order valence-electron chi connectivity index (χ2n) is 4.07. The van der Waals surface area contributed by atoms with Gasteiger partial charge in [-0.2, -0.15) is 10.2 Å². The van der Waals surface area contributed by atoms with Crippen LogP contribution in [0.4, 0.5) is 11.5 Å². The maximum absolute atomic E-state index is 5.79. The van der Waals surface area contributed by atoms with Crippen LogP contribution in [0.2, 0.25) is 0 Å². The Balaban J connectivity index is 1.90. The monoisotopic (exact) mass is 252 g/mol. The van der Waals surface area contributed by atoms with Crippen molar-refractivity contribution in [1.82, 2.24) is 20.2 Å². The van der Waals surface area contributed by atoms with Crippen molar-refractivity contribution in [3.8, 4) is 0 Å². The molecule has 94 valence electrons. The molecule has 0 amide bonds. The Bertz CT molecular complexity index is 698. The normalized spacial score (nSPS) is 10.5. The lowest BCUT2D eigenvalue weighted by Crippen LogP contribution is -2.04. The van der Waals surface area contributed by atoms with E-state index in [2.05, 4.69) is 25.5 Å². The molecule has 0 unspecified atom stereocenters. The first-order valence-electron chi connectivity index (χ1n) is 5.83. The molecule has 0 aliphatic carbocycles. The zero-order valence-electron chi connectivity index (χ0n) is 10.1.